The molecule has 0 aromatic carbocycles. The summed E-state index contributed by atoms with van der Waals surface area (Å²) in [6, 6.07) is 0. The van der Waals surface area contributed by atoms with Crippen LogP contribution in [-0.2, 0) is 23.7 Å². The van der Waals surface area contributed by atoms with E-state index in [1.54, 1.807) is 19.1 Å². The number of ether oxygens (including phenoxy) is 4. The highest BCUT2D eigenvalue weighted by molar-refractivity contribution is 6.05. The van der Waals surface area contributed by atoms with E-state index in [1.165, 1.54) is 0 Å². The summed E-state index contributed by atoms with van der Waals surface area (Å²) in [4.78, 5) is 13.4. The molecule has 0 aromatic heterocycles. The maximum absolute atomic E-state index is 13.4. The number of carbonyl (C=O) groups excluding carboxylic acids is 1. The van der Waals surface area contributed by atoms with Crippen LogP contribution < -0.4 is 0 Å². The highest BCUT2D eigenvalue weighted by Crippen LogP contribution is 2.72. The summed E-state index contributed by atoms with van der Waals surface area (Å²) < 4.78 is 26.2. The SMILES string of the molecule is C=C(C)C12CC(C)C34OC(C=CC=CCCC)(OC1C3C1OC1(CO)C(O)C1(O)C(=O)C(C)=CC14)O2. The molecule has 6 aliphatic rings. The fourth-order valence-electron chi connectivity index (χ4n) is 7.93. The maximum atomic E-state index is 13.4. The molecule has 3 heterocycles. The van der Waals surface area contributed by atoms with E-state index in [0.29, 0.717) is 12.0 Å². The number of ketones is 1. The lowest BCUT2D eigenvalue weighted by molar-refractivity contribution is -0.406. The minimum atomic E-state index is -2.21. The Morgan fingerprint density at radius 3 is 2.67 bits per heavy atom. The van der Waals surface area contributed by atoms with Gasteiger partial charge in [-0.3, -0.25) is 4.79 Å². The number of carbonyl (C=O) groups is 1. The minimum Gasteiger partial charge on any atom is -0.393 e. The highest BCUT2D eigenvalue weighted by atomic mass is 16.9. The zero-order chi connectivity index (χ0) is 25.9. The van der Waals surface area contributed by atoms with Gasteiger partial charge in [0.25, 0.3) is 0 Å². The first-order valence-corrected chi connectivity index (χ1v) is 13.0. The fourth-order valence-corrected chi connectivity index (χ4v) is 7.93. The van der Waals surface area contributed by atoms with Crippen LogP contribution in [0.1, 0.15) is 47.0 Å². The lowest BCUT2D eigenvalue weighted by atomic mass is 9.54. The molecule has 6 rings (SSSR count). The van der Waals surface area contributed by atoms with Gasteiger partial charge in [0.2, 0.25) is 0 Å². The molecule has 3 aliphatic heterocycles. The molecule has 2 saturated carbocycles. The lowest BCUT2D eigenvalue weighted by Gasteiger charge is -2.59. The van der Waals surface area contributed by atoms with Crippen molar-refractivity contribution in [2.45, 2.75) is 93.6 Å². The van der Waals surface area contributed by atoms with Crippen molar-refractivity contribution in [1.29, 1.82) is 0 Å². The molecular formula is C28H36O8. The van der Waals surface area contributed by atoms with Gasteiger partial charge in [-0.15, -0.1) is 0 Å². The molecule has 0 spiro atoms. The van der Waals surface area contributed by atoms with Crippen LogP contribution in [0.5, 0.6) is 0 Å². The van der Waals surface area contributed by atoms with Crippen LogP contribution in [-0.4, -0.2) is 74.4 Å². The number of Topliss-reactive ketones (excluding diaryl/α,β-unsaturated/α-hetero) is 1. The fraction of sp³-hybridized carbons (Fsp3) is 0.679. The van der Waals surface area contributed by atoms with Crippen LogP contribution in [0, 0.1) is 17.8 Å². The second-order valence-corrected chi connectivity index (χ2v) is 11.6. The average Bonchev–Trinajstić information content (AvgIpc) is 3.48. The summed E-state index contributed by atoms with van der Waals surface area (Å²) in [6.45, 7) is 11.4. The van der Waals surface area contributed by atoms with Crippen molar-refractivity contribution in [3.63, 3.8) is 0 Å². The Labute approximate surface area is 211 Å². The Kier molecular flexibility index (Phi) is 5.12. The van der Waals surface area contributed by atoms with Gasteiger partial charge in [-0.05, 0) is 43.8 Å². The molecule has 196 valence electrons. The molecular weight excluding hydrogens is 464 g/mol. The van der Waals surface area contributed by atoms with Crippen molar-refractivity contribution in [2.75, 3.05) is 6.61 Å². The summed E-state index contributed by atoms with van der Waals surface area (Å²) >= 11 is 0. The topological polar surface area (TPSA) is 118 Å². The van der Waals surface area contributed by atoms with E-state index in [1.807, 2.05) is 32.1 Å². The first-order valence-electron chi connectivity index (χ1n) is 13.0. The molecule has 11 atom stereocenters. The molecule has 3 N–H and O–H groups in total. The van der Waals surface area contributed by atoms with Crippen molar-refractivity contribution in [2.24, 2.45) is 17.8 Å². The second kappa shape index (κ2) is 7.47. The largest absolute Gasteiger partial charge is 0.393 e. The Morgan fingerprint density at radius 2 is 2.00 bits per heavy atom. The van der Waals surface area contributed by atoms with E-state index in [9.17, 15) is 20.1 Å². The summed E-state index contributed by atoms with van der Waals surface area (Å²) in [5, 5.41) is 33.9. The maximum Gasteiger partial charge on any atom is 0.306 e. The van der Waals surface area contributed by atoms with Crippen LogP contribution >= 0.6 is 0 Å². The predicted octanol–water partition coefficient (Wildman–Crippen LogP) is 2.09. The molecule has 0 aromatic rings. The van der Waals surface area contributed by atoms with Gasteiger partial charge in [0.05, 0.1) is 12.2 Å². The monoisotopic (exact) mass is 500 g/mol. The third-order valence-corrected chi connectivity index (χ3v) is 9.67. The van der Waals surface area contributed by atoms with Crippen molar-refractivity contribution in [1.82, 2.24) is 0 Å². The van der Waals surface area contributed by atoms with Crippen LogP contribution in [0.3, 0.4) is 0 Å². The number of allylic oxidation sites excluding steroid dienone is 3. The highest BCUT2D eigenvalue weighted by Gasteiger charge is 2.88. The normalized spacial score (nSPS) is 54.4. The third kappa shape index (κ3) is 2.61. The summed E-state index contributed by atoms with van der Waals surface area (Å²) in [6.07, 6.45) is 8.78. The van der Waals surface area contributed by atoms with Gasteiger partial charge >= 0.3 is 5.97 Å². The Morgan fingerprint density at radius 1 is 1.25 bits per heavy atom. The molecule has 3 bridgehead atoms. The number of rotatable bonds is 6. The van der Waals surface area contributed by atoms with E-state index >= 15 is 0 Å². The van der Waals surface area contributed by atoms with Crippen LogP contribution in [0.15, 0.2) is 48.1 Å². The van der Waals surface area contributed by atoms with Gasteiger partial charge in [0.15, 0.2) is 11.4 Å². The van der Waals surface area contributed by atoms with E-state index < -0.39 is 70.9 Å². The van der Waals surface area contributed by atoms with Gasteiger partial charge in [0, 0.05) is 17.9 Å². The number of aliphatic hydroxyl groups excluding tert-OH is 2. The molecule has 0 amide bonds. The van der Waals surface area contributed by atoms with Gasteiger partial charge < -0.3 is 34.3 Å². The standard InChI is InChI=1S/C28H36O8/c1-6-7-8-9-10-11-26-34-21-19-22-25(14-29,33-22)23(31)27(32)18(12-16(4)20(27)30)28(19,36-26)17(5)13-24(21,35-26)15(2)3/h8-12,17-19,21-23,29,31-32H,2,6-7,13-14H2,1,3-5H3. The number of fused-ring (bicyclic) bond motifs is 3. The summed E-state index contributed by atoms with van der Waals surface area (Å²) in [5.41, 5.74) is -4.66. The van der Waals surface area contributed by atoms with Crippen LogP contribution in [0.25, 0.3) is 0 Å². The van der Waals surface area contributed by atoms with E-state index in [4.69, 9.17) is 18.9 Å². The zero-order valence-corrected chi connectivity index (χ0v) is 21.3. The predicted molar refractivity (Wildman–Crippen MR) is 128 cm³/mol. The minimum absolute atomic E-state index is 0.234. The van der Waals surface area contributed by atoms with Gasteiger partial charge in [-0.1, -0.05) is 51.2 Å². The molecule has 8 heteroatoms. The van der Waals surface area contributed by atoms with E-state index in [-0.39, 0.29) is 5.92 Å². The van der Waals surface area contributed by atoms with Gasteiger partial charge in [-0.25, -0.2) is 0 Å². The van der Waals surface area contributed by atoms with Crippen LogP contribution in [0.4, 0.5) is 0 Å². The first-order chi connectivity index (χ1) is 17.0. The van der Waals surface area contributed by atoms with Crippen molar-refractivity contribution in [3.05, 3.63) is 48.1 Å². The summed E-state index contributed by atoms with van der Waals surface area (Å²) in [7, 11) is 0. The van der Waals surface area contributed by atoms with Crippen molar-refractivity contribution >= 4 is 5.78 Å². The van der Waals surface area contributed by atoms with Crippen molar-refractivity contribution < 1.29 is 39.1 Å². The zero-order valence-electron chi connectivity index (χ0n) is 21.3. The first kappa shape index (κ1) is 24.7. The molecule has 5 fully saturated rings. The third-order valence-electron chi connectivity index (χ3n) is 9.67. The second-order valence-electron chi connectivity index (χ2n) is 11.6. The number of aliphatic hydroxyl groups is 3. The number of epoxide rings is 1. The number of unbranched alkanes of at least 4 members (excludes halogenated alkanes) is 1. The average molecular weight is 501 g/mol. The number of hydrogen-bond donors (Lipinski definition) is 3. The van der Waals surface area contributed by atoms with Gasteiger partial charge in [0.1, 0.15) is 29.5 Å². The molecule has 8 nitrogen and oxygen atoms in total. The molecule has 3 saturated heterocycles. The Bertz CT molecular complexity index is 1110. The van der Waals surface area contributed by atoms with E-state index in [2.05, 4.69) is 13.5 Å². The van der Waals surface area contributed by atoms with Crippen LogP contribution in [0.2, 0.25) is 0 Å². The molecule has 36 heavy (non-hydrogen) atoms. The lowest BCUT2D eigenvalue weighted by Crippen LogP contribution is -2.72. The molecule has 11 unspecified atom stereocenters. The Balaban J connectivity index is 1.57. The summed E-state index contributed by atoms with van der Waals surface area (Å²) in [5.74, 6) is -3.79. The molecule has 3 aliphatic carbocycles. The quantitative estimate of drug-likeness (QED) is 0.288. The number of hydrogen-bond acceptors (Lipinski definition) is 8. The van der Waals surface area contributed by atoms with Crippen molar-refractivity contribution in [3.8, 4) is 0 Å². The molecule has 0 radical (unpaired) electrons. The van der Waals surface area contributed by atoms with Gasteiger partial charge in [-0.2, -0.15) is 0 Å². The Hall–Kier alpha value is -1.65. The smallest absolute Gasteiger partial charge is 0.306 e. The van der Waals surface area contributed by atoms with E-state index in [0.717, 1.165) is 18.4 Å².